The van der Waals surface area contributed by atoms with Gasteiger partial charge in [0, 0.05) is 29.5 Å². The van der Waals surface area contributed by atoms with Gasteiger partial charge in [0.15, 0.2) is 15.4 Å². The van der Waals surface area contributed by atoms with Crippen molar-refractivity contribution < 1.29 is 26.7 Å². The van der Waals surface area contributed by atoms with Crippen molar-refractivity contribution in [3.8, 4) is 0 Å². The lowest BCUT2D eigenvalue weighted by molar-refractivity contribution is -0.266. The van der Waals surface area contributed by atoms with Crippen molar-refractivity contribution >= 4 is 20.7 Å². The van der Waals surface area contributed by atoms with Crippen LogP contribution in [0.25, 0.3) is 10.9 Å². The summed E-state index contributed by atoms with van der Waals surface area (Å²) in [5, 5.41) is 11.6. The summed E-state index contributed by atoms with van der Waals surface area (Å²) in [4.78, 5) is 6.97. The van der Waals surface area contributed by atoms with Crippen molar-refractivity contribution in [3.05, 3.63) is 59.5 Å². The summed E-state index contributed by atoms with van der Waals surface area (Å²) >= 11 is 0. The highest BCUT2D eigenvalue weighted by Gasteiger charge is 2.56. The molecule has 3 rings (SSSR count). The minimum Gasteiger partial charge on any atom is -0.380 e. The molecule has 2 aromatic heterocycles. The van der Waals surface area contributed by atoms with Crippen LogP contribution < -0.4 is 0 Å². The first-order valence-corrected chi connectivity index (χ1v) is 11.5. The van der Waals surface area contributed by atoms with Gasteiger partial charge in [-0.2, -0.15) is 13.2 Å². The van der Waals surface area contributed by atoms with E-state index in [0.29, 0.717) is 10.9 Å². The highest BCUT2D eigenvalue weighted by molar-refractivity contribution is 7.90. The van der Waals surface area contributed by atoms with Gasteiger partial charge in [0.2, 0.25) is 0 Å². The number of nitrogens with zero attached hydrogens (tertiary/aromatic N) is 1. The molecule has 2 N–H and O–H groups in total. The van der Waals surface area contributed by atoms with E-state index in [2.05, 4.69) is 9.97 Å². The second kappa shape index (κ2) is 7.63. The van der Waals surface area contributed by atoms with Gasteiger partial charge in [-0.05, 0) is 42.5 Å². The summed E-state index contributed by atoms with van der Waals surface area (Å²) in [6, 6.07) is 9.26. The lowest BCUT2D eigenvalue weighted by Crippen LogP contribution is -2.51. The van der Waals surface area contributed by atoms with Gasteiger partial charge in [0.1, 0.15) is 0 Å². The Morgan fingerprint density at radius 1 is 1.13 bits per heavy atom. The summed E-state index contributed by atoms with van der Waals surface area (Å²) in [5.41, 5.74) is -2.61. The van der Waals surface area contributed by atoms with E-state index in [-0.39, 0.29) is 16.2 Å². The minimum atomic E-state index is -4.93. The number of rotatable bonds is 6. The van der Waals surface area contributed by atoms with Crippen LogP contribution in [0.15, 0.2) is 47.5 Å². The van der Waals surface area contributed by atoms with Crippen LogP contribution in [0.3, 0.4) is 0 Å². The van der Waals surface area contributed by atoms with Crippen molar-refractivity contribution in [1.29, 1.82) is 0 Å². The molecular weight excluding hydrogens is 429 g/mol. The number of fused-ring (bicyclic) bond motifs is 1. The number of sulfone groups is 1. The fourth-order valence-electron chi connectivity index (χ4n) is 4.05. The third-order valence-electron chi connectivity index (χ3n) is 5.46. The van der Waals surface area contributed by atoms with Crippen LogP contribution in [-0.2, 0) is 21.7 Å². The SMILES string of the molecule is Cc1cc2cc(CC(O)(CC(C)(C)c3ccccc3S(C)(=O)=O)C(F)(F)F)[nH]c2cn1. The van der Waals surface area contributed by atoms with Crippen molar-refractivity contribution in [1.82, 2.24) is 9.97 Å². The topological polar surface area (TPSA) is 83.0 Å². The molecule has 31 heavy (non-hydrogen) atoms. The van der Waals surface area contributed by atoms with Gasteiger partial charge in [-0.1, -0.05) is 32.0 Å². The van der Waals surface area contributed by atoms with Gasteiger partial charge in [0.05, 0.1) is 16.6 Å². The van der Waals surface area contributed by atoms with Crippen molar-refractivity contribution in [2.45, 2.75) is 55.7 Å². The largest absolute Gasteiger partial charge is 0.417 e. The number of aromatic nitrogens is 2. The van der Waals surface area contributed by atoms with E-state index in [1.165, 1.54) is 38.2 Å². The van der Waals surface area contributed by atoms with E-state index in [9.17, 15) is 26.7 Å². The standard InChI is InChI=1S/C22H25F3N2O3S/c1-14-9-15-10-16(27-18(15)12-26-14)11-21(28,22(23,24)25)13-20(2,3)17-7-5-6-8-19(17)31(4,29)30/h5-10,12,27-28H,11,13H2,1-4H3. The summed E-state index contributed by atoms with van der Waals surface area (Å²) in [6.45, 7) is 4.79. The Morgan fingerprint density at radius 3 is 2.39 bits per heavy atom. The first kappa shape index (κ1) is 23.3. The van der Waals surface area contributed by atoms with Crippen LogP contribution >= 0.6 is 0 Å². The molecule has 0 aliphatic carbocycles. The molecular formula is C22H25F3N2O3S. The molecule has 3 aromatic rings. The summed E-state index contributed by atoms with van der Waals surface area (Å²) < 4.78 is 66.7. The predicted molar refractivity (Wildman–Crippen MR) is 113 cm³/mol. The number of hydrogen-bond acceptors (Lipinski definition) is 4. The molecule has 1 unspecified atom stereocenters. The van der Waals surface area contributed by atoms with Crippen LogP contribution in [0, 0.1) is 6.92 Å². The molecule has 0 spiro atoms. The second-order valence-corrected chi connectivity index (χ2v) is 10.7. The predicted octanol–water partition coefficient (Wildman–Crippen LogP) is 4.48. The normalized spacial score (nSPS) is 15.2. The summed E-state index contributed by atoms with van der Waals surface area (Å²) in [6.07, 6.45) is -3.81. The molecule has 0 aliphatic rings. The third-order valence-corrected chi connectivity index (χ3v) is 6.61. The van der Waals surface area contributed by atoms with Crippen LogP contribution in [0.2, 0.25) is 0 Å². The lowest BCUT2D eigenvalue weighted by atomic mass is 9.73. The smallest absolute Gasteiger partial charge is 0.380 e. The quantitative estimate of drug-likeness (QED) is 0.575. The maximum atomic E-state index is 14.1. The first-order chi connectivity index (χ1) is 14.1. The van der Waals surface area contributed by atoms with E-state index in [1.807, 2.05) is 0 Å². The monoisotopic (exact) mass is 454 g/mol. The average molecular weight is 455 g/mol. The van der Waals surface area contributed by atoms with Gasteiger partial charge < -0.3 is 10.1 Å². The molecule has 5 nitrogen and oxygen atoms in total. The Kier molecular flexibility index (Phi) is 5.73. The second-order valence-electron chi connectivity index (χ2n) is 8.74. The number of nitrogens with one attached hydrogen (secondary N) is 1. The number of benzene rings is 1. The molecule has 1 aromatic carbocycles. The van der Waals surface area contributed by atoms with Crippen molar-refractivity contribution in [2.24, 2.45) is 0 Å². The van der Waals surface area contributed by atoms with E-state index in [0.717, 1.165) is 11.9 Å². The molecule has 0 fully saturated rings. The zero-order valence-electron chi connectivity index (χ0n) is 17.7. The number of H-pyrrole nitrogens is 1. The maximum absolute atomic E-state index is 14.1. The maximum Gasteiger partial charge on any atom is 0.417 e. The number of alkyl halides is 3. The number of aromatic amines is 1. The van der Waals surface area contributed by atoms with E-state index >= 15 is 0 Å². The Labute approximate surface area is 179 Å². The molecule has 0 amide bonds. The lowest BCUT2D eigenvalue weighted by Gasteiger charge is -2.38. The zero-order valence-corrected chi connectivity index (χ0v) is 18.5. The zero-order chi connectivity index (χ0) is 23.2. The molecule has 168 valence electrons. The molecule has 2 heterocycles. The molecule has 0 saturated heterocycles. The van der Waals surface area contributed by atoms with Gasteiger partial charge in [-0.3, -0.25) is 4.98 Å². The van der Waals surface area contributed by atoms with Crippen LogP contribution in [0.5, 0.6) is 0 Å². The molecule has 0 aliphatic heterocycles. The van der Waals surface area contributed by atoms with E-state index < -0.39 is 39.9 Å². The summed E-state index contributed by atoms with van der Waals surface area (Å²) in [7, 11) is -3.66. The van der Waals surface area contributed by atoms with Gasteiger partial charge >= 0.3 is 6.18 Å². The number of aliphatic hydroxyl groups is 1. The first-order valence-electron chi connectivity index (χ1n) is 9.65. The molecule has 0 saturated carbocycles. The number of hydrogen-bond donors (Lipinski definition) is 2. The number of aryl methyl sites for hydroxylation is 1. The van der Waals surface area contributed by atoms with Gasteiger partial charge in [0.25, 0.3) is 0 Å². The molecule has 0 radical (unpaired) electrons. The fraction of sp³-hybridized carbons (Fsp3) is 0.409. The van der Waals surface area contributed by atoms with E-state index in [1.54, 1.807) is 25.1 Å². The van der Waals surface area contributed by atoms with Crippen molar-refractivity contribution in [3.63, 3.8) is 0 Å². The van der Waals surface area contributed by atoms with Gasteiger partial charge in [-0.15, -0.1) is 0 Å². The Bertz CT molecular complexity index is 1220. The van der Waals surface area contributed by atoms with E-state index in [4.69, 9.17) is 0 Å². The minimum absolute atomic E-state index is 0.0447. The molecule has 9 heteroatoms. The molecule has 0 bridgehead atoms. The average Bonchev–Trinajstić information content (AvgIpc) is 3.00. The number of pyridine rings is 1. The van der Waals surface area contributed by atoms with Gasteiger partial charge in [-0.25, -0.2) is 8.42 Å². The Morgan fingerprint density at radius 2 is 1.77 bits per heavy atom. The Balaban J connectivity index is 2.03. The highest BCUT2D eigenvalue weighted by atomic mass is 32.2. The fourth-order valence-corrected chi connectivity index (χ4v) is 5.12. The van der Waals surface area contributed by atoms with Crippen LogP contribution in [0.1, 0.15) is 37.2 Å². The van der Waals surface area contributed by atoms with Crippen molar-refractivity contribution in [2.75, 3.05) is 6.26 Å². The third kappa shape index (κ3) is 4.77. The van der Waals surface area contributed by atoms with Crippen LogP contribution in [0.4, 0.5) is 13.2 Å². The highest BCUT2D eigenvalue weighted by Crippen LogP contribution is 2.44. The molecule has 1 atom stereocenters. The van der Waals surface area contributed by atoms with Crippen LogP contribution in [-0.4, -0.2) is 41.5 Å². The summed E-state index contributed by atoms with van der Waals surface area (Å²) in [5.74, 6) is 0. The number of halogens is 3. The Hall–Kier alpha value is -2.39.